The van der Waals surface area contributed by atoms with Gasteiger partial charge in [-0.25, -0.2) is 4.79 Å². The van der Waals surface area contributed by atoms with Crippen LogP contribution in [0.3, 0.4) is 0 Å². The number of anilines is 1. The second-order valence-electron chi connectivity index (χ2n) is 3.01. The molecule has 0 atom stereocenters. The van der Waals surface area contributed by atoms with Crippen molar-refractivity contribution < 1.29 is 23.1 Å². The summed E-state index contributed by atoms with van der Waals surface area (Å²) >= 11 is 5.57. The average Bonchev–Trinajstić information content (AvgIpc) is 2.15. The van der Waals surface area contributed by atoms with Crippen LogP contribution in [-0.2, 0) is 6.18 Å². The van der Waals surface area contributed by atoms with Crippen molar-refractivity contribution in [1.82, 2.24) is 0 Å². The topological polar surface area (TPSA) is 40.5 Å². The molecule has 1 aromatic carbocycles. The summed E-state index contributed by atoms with van der Waals surface area (Å²) in [5, 5.41) is 8.37. The predicted octanol–water partition coefficient (Wildman–Crippen LogP) is 3.47. The van der Waals surface area contributed by atoms with Crippen molar-refractivity contribution in [2.45, 2.75) is 6.18 Å². The Hall–Kier alpha value is -1.43. The zero-order valence-corrected chi connectivity index (χ0v) is 8.80. The van der Waals surface area contributed by atoms with Crippen LogP contribution in [0.4, 0.5) is 23.7 Å². The summed E-state index contributed by atoms with van der Waals surface area (Å²) in [6.07, 6.45) is -5.80. The third-order valence-electron chi connectivity index (χ3n) is 1.92. The molecule has 1 N–H and O–H groups in total. The highest BCUT2D eigenvalue weighted by atomic mass is 35.5. The monoisotopic (exact) mass is 253 g/mol. The van der Waals surface area contributed by atoms with Gasteiger partial charge in [-0.3, -0.25) is 4.90 Å². The van der Waals surface area contributed by atoms with Crippen LogP contribution in [-0.4, -0.2) is 18.2 Å². The smallest absolute Gasteiger partial charge is 0.416 e. The highest BCUT2D eigenvalue weighted by molar-refractivity contribution is 6.33. The van der Waals surface area contributed by atoms with Gasteiger partial charge in [-0.05, 0) is 18.2 Å². The molecule has 0 saturated carbocycles. The van der Waals surface area contributed by atoms with Crippen LogP contribution in [0.5, 0.6) is 0 Å². The van der Waals surface area contributed by atoms with Gasteiger partial charge < -0.3 is 5.11 Å². The van der Waals surface area contributed by atoms with Crippen molar-refractivity contribution in [2.24, 2.45) is 0 Å². The van der Waals surface area contributed by atoms with Gasteiger partial charge in [-0.1, -0.05) is 11.6 Å². The lowest BCUT2D eigenvalue weighted by molar-refractivity contribution is -0.137. The molecule has 0 saturated heterocycles. The molecule has 0 aromatic heterocycles. The van der Waals surface area contributed by atoms with Crippen LogP contribution in [0.1, 0.15) is 5.56 Å². The van der Waals surface area contributed by atoms with Crippen LogP contribution in [0.2, 0.25) is 5.02 Å². The molecule has 0 fully saturated rings. The zero-order valence-electron chi connectivity index (χ0n) is 8.05. The summed E-state index contributed by atoms with van der Waals surface area (Å²) in [5.74, 6) is 0. The third kappa shape index (κ3) is 2.57. The average molecular weight is 254 g/mol. The van der Waals surface area contributed by atoms with E-state index in [2.05, 4.69) is 0 Å². The number of hydrogen-bond acceptors (Lipinski definition) is 1. The fourth-order valence-corrected chi connectivity index (χ4v) is 1.37. The number of alkyl halides is 3. The minimum atomic E-state index is -4.50. The molecular weight excluding hydrogens is 247 g/mol. The van der Waals surface area contributed by atoms with Crippen molar-refractivity contribution in [3.05, 3.63) is 28.8 Å². The fraction of sp³-hybridized carbons (Fsp3) is 0.222. The molecule has 1 aromatic rings. The molecule has 0 bridgehead atoms. The summed E-state index contributed by atoms with van der Waals surface area (Å²) in [7, 11) is 1.19. The number of carbonyl (C=O) groups is 1. The second kappa shape index (κ2) is 4.21. The number of hydrogen-bond donors (Lipinski definition) is 1. The number of nitrogens with zero attached hydrogens (tertiary/aromatic N) is 1. The molecule has 0 aliphatic carbocycles. The lowest BCUT2D eigenvalue weighted by atomic mass is 10.2. The van der Waals surface area contributed by atoms with E-state index in [-0.39, 0.29) is 10.7 Å². The van der Waals surface area contributed by atoms with Gasteiger partial charge in [0.2, 0.25) is 0 Å². The summed E-state index contributed by atoms with van der Waals surface area (Å²) in [4.78, 5) is 11.3. The van der Waals surface area contributed by atoms with Crippen molar-refractivity contribution in [3.8, 4) is 0 Å². The molecule has 0 aliphatic heterocycles. The first-order valence-electron chi connectivity index (χ1n) is 4.07. The minimum Gasteiger partial charge on any atom is -0.465 e. The molecule has 1 rings (SSSR count). The Balaban J connectivity index is 3.15. The fourth-order valence-electron chi connectivity index (χ4n) is 1.06. The maximum Gasteiger partial charge on any atom is 0.416 e. The Labute approximate surface area is 94.0 Å². The predicted molar refractivity (Wildman–Crippen MR) is 52.9 cm³/mol. The maximum absolute atomic E-state index is 12.3. The van der Waals surface area contributed by atoms with Gasteiger partial charge in [0.05, 0.1) is 16.3 Å². The van der Waals surface area contributed by atoms with Crippen molar-refractivity contribution in [3.63, 3.8) is 0 Å². The summed E-state index contributed by atoms with van der Waals surface area (Å²) in [5.41, 5.74) is -0.915. The molecule has 0 aliphatic rings. The molecular formula is C9H7ClF3NO2. The van der Waals surface area contributed by atoms with Gasteiger partial charge in [0, 0.05) is 7.05 Å². The SMILES string of the molecule is CN(C(=O)O)c1ccc(C(F)(F)F)cc1Cl. The van der Waals surface area contributed by atoms with Crippen LogP contribution < -0.4 is 4.90 Å². The Morgan fingerprint density at radius 1 is 1.44 bits per heavy atom. The Bertz CT molecular complexity index is 420. The Morgan fingerprint density at radius 3 is 2.38 bits per heavy atom. The van der Waals surface area contributed by atoms with Crippen molar-refractivity contribution in [2.75, 3.05) is 11.9 Å². The number of halogens is 4. The van der Waals surface area contributed by atoms with E-state index in [4.69, 9.17) is 16.7 Å². The molecule has 16 heavy (non-hydrogen) atoms. The third-order valence-corrected chi connectivity index (χ3v) is 2.23. The number of amides is 1. The number of carboxylic acid groups (broad SMARTS) is 1. The largest absolute Gasteiger partial charge is 0.465 e. The van der Waals surface area contributed by atoms with Crippen molar-refractivity contribution in [1.29, 1.82) is 0 Å². The van der Waals surface area contributed by atoms with Crippen molar-refractivity contribution >= 4 is 23.4 Å². The molecule has 0 spiro atoms. The highest BCUT2D eigenvalue weighted by Gasteiger charge is 2.31. The minimum absolute atomic E-state index is 0.00201. The Morgan fingerprint density at radius 2 is 2.00 bits per heavy atom. The van der Waals surface area contributed by atoms with E-state index in [0.29, 0.717) is 6.07 Å². The molecule has 0 unspecified atom stereocenters. The van der Waals surface area contributed by atoms with Gasteiger partial charge in [0.1, 0.15) is 0 Å². The molecule has 0 radical (unpaired) electrons. The number of benzene rings is 1. The first-order valence-corrected chi connectivity index (χ1v) is 4.44. The lowest BCUT2D eigenvalue weighted by Crippen LogP contribution is -2.24. The van der Waals surface area contributed by atoms with Crippen LogP contribution in [0.25, 0.3) is 0 Å². The lowest BCUT2D eigenvalue weighted by Gasteiger charge is -2.16. The highest BCUT2D eigenvalue weighted by Crippen LogP contribution is 2.34. The van der Waals surface area contributed by atoms with Crippen LogP contribution in [0, 0.1) is 0 Å². The summed E-state index contributed by atoms with van der Waals surface area (Å²) < 4.78 is 36.8. The van der Waals surface area contributed by atoms with E-state index < -0.39 is 17.8 Å². The van der Waals surface area contributed by atoms with E-state index in [1.54, 1.807) is 0 Å². The van der Waals surface area contributed by atoms with E-state index in [9.17, 15) is 18.0 Å². The molecule has 3 nitrogen and oxygen atoms in total. The van der Waals surface area contributed by atoms with Gasteiger partial charge in [-0.15, -0.1) is 0 Å². The quantitative estimate of drug-likeness (QED) is 0.832. The Kier molecular flexibility index (Phi) is 3.32. The normalized spacial score (nSPS) is 11.3. The summed E-state index contributed by atoms with van der Waals surface area (Å²) in [6.45, 7) is 0. The van der Waals surface area contributed by atoms with E-state index >= 15 is 0 Å². The zero-order chi connectivity index (χ0) is 12.5. The molecule has 88 valence electrons. The standard InChI is InChI=1S/C9H7ClF3NO2/c1-14(8(15)16)7-3-2-5(4-6(7)10)9(11,12)13/h2-4H,1H3,(H,15,16). The van der Waals surface area contributed by atoms with Gasteiger partial charge in [0.15, 0.2) is 0 Å². The first kappa shape index (κ1) is 12.6. The molecule has 1 amide bonds. The van der Waals surface area contributed by atoms with Crippen LogP contribution in [0.15, 0.2) is 18.2 Å². The van der Waals surface area contributed by atoms with Crippen LogP contribution >= 0.6 is 11.6 Å². The van der Waals surface area contributed by atoms with Gasteiger partial charge in [-0.2, -0.15) is 13.2 Å². The van der Waals surface area contributed by atoms with Gasteiger partial charge in [0.25, 0.3) is 0 Å². The molecule has 0 heterocycles. The van der Waals surface area contributed by atoms with E-state index in [1.165, 1.54) is 7.05 Å². The molecule has 7 heteroatoms. The van der Waals surface area contributed by atoms with Gasteiger partial charge >= 0.3 is 12.3 Å². The first-order chi connectivity index (χ1) is 7.23. The second-order valence-corrected chi connectivity index (χ2v) is 3.41. The maximum atomic E-state index is 12.3. The number of rotatable bonds is 1. The van der Waals surface area contributed by atoms with E-state index in [0.717, 1.165) is 17.0 Å². The summed E-state index contributed by atoms with van der Waals surface area (Å²) in [6, 6.07) is 2.48. The van der Waals surface area contributed by atoms with E-state index in [1.807, 2.05) is 0 Å².